The first-order valence-electron chi connectivity index (χ1n) is 12.8. The molecule has 13 heteroatoms. The Morgan fingerprint density at radius 2 is 1.79 bits per heavy atom. The SMILES string of the molecule is Cc1cc(Oc2ccccc2F)cc(C)c1-n1ncc(C(=O)c2cc3cc(F)c(NS(=O)(=O)CCCF)cc3[nH]2)c1N. The number of aromatic amines is 1. The highest BCUT2D eigenvalue weighted by atomic mass is 32.2. The summed E-state index contributed by atoms with van der Waals surface area (Å²) in [6, 6.07) is 13.2. The Balaban J connectivity index is 1.42. The van der Waals surface area contributed by atoms with E-state index >= 15 is 0 Å². The van der Waals surface area contributed by atoms with Crippen molar-refractivity contribution in [3.63, 3.8) is 0 Å². The van der Waals surface area contributed by atoms with Gasteiger partial charge in [-0.25, -0.2) is 21.9 Å². The summed E-state index contributed by atoms with van der Waals surface area (Å²) in [6.45, 7) is 2.78. The summed E-state index contributed by atoms with van der Waals surface area (Å²) in [6.07, 6.45) is 1.09. The number of fused-ring (bicyclic) bond motifs is 1. The first kappa shape index (κ1) is 28.7. The fourth-order valence-corrected chi connectivity index (χ4v) is 5.72. The highest BCUT2D eigenvalue weighted by Gasteiger charge is 2.22. The van der Waals surface area contributed by atoms with Gasteiger partial charge in [-0.15, -0.1) is 0 Å². The third-order valence-electron chi connectivity index (χ3n) is 6.56. The van der Waals surface area contributed by atoms with E-state index < -0.39 is 39.9 Å². The van der Waals surface area contributed by atoms with Gasteiger partial charge < -0.3 is 15.5 Å². The zero-order valence-corrected chi connectivity index (χ0v) is 23.4. The molecule has 0 saturated heterocycles. The smallest absolute Gasteiger partial charge is 0.232 e. The number of nitrogens with one attached hydrogen (secondary N) is 2. The maximum atomic E-state index is 14.6. The number of alkyl halides is 1. The molecule has 4 N–H and O–H groups in total. The van der Waals surface area contributed by atoms with E-state index in [9.17, 15) is 26.4 Å². The number of anilines is 2. The lowest BCUT2D eigenvalue weighted by Crippen LogP contribution is -2.17. The van der Waals surface area contributed by atoms with E-state index in [2.05, 4.69) is 14.8 Å². The quantitative estimate of drug-likeness (QED) is 0.170. The largest absolute Gasteiger partial charge is 0.454 e. The number of hydrogen-bond acceptors (Lipinski definition) is 6. The molecule has 5 aromatic rings. The monoisotopic (exact) mass is 597 g/mol. The Hall–Kier alpha value is -4.78. The summed E-state index contributed by atoms with van der Waals surface area (Å²) in [7, 11) is -3.96. The number of aromatic nitrogens is 3. The van der Waals surface area contributed by atoms with Crippen molar-refractivity contribution in [2.45, 2.75) is 20.3 Å². The maximum Gasteiger partial charge on any atom is 0.232 e. The summed E-state index contributed by atoms with van der Waals surface area (Å²) in [5.41, 5.74) is 8.51. The number of nitrogens with zero attached hydrogens (tertiary/aromatic N) is 2. The molecular formula is C29H26F3N5O4S. The van der Waals surface area contributed by atoms with Crippen LogP contribution in [0.5, 0.6) is 11.5 Å². The van der Waals surface area contributed by atoms with Crippen molar-refractivity contribution in [3.05, 3.63) is 94.8 Å². The van der Waals surface area contributed by atoms with Crippen molar-refractivity contribution < 1.29 is 31.1 Å². The second-order valence-electron chi connectivity index (χ2n) is 9.69. The van der Waals surface area contributed by atoms with Gasteiger partial charge >= 0.3 is 0 Å². The number of benzene rings is 3. The third kappa shape index (κ3) is 5.68. The number of carbonyl (C=O) groups is 1. The Morgan fingerprint density at radius 3 is 2.48 bits per heavy atom. The molecule has 0 atom stereocenters. The zero-order chi connectivity index (χ0) is 30.2. The lowest BCUT2D eigenvalue weighted by Gasteiger charge is -2.15. The predicted octanol–water partition coefficient (Wildman–Crippen LogP) is 5.96. The number of carbonyl (C=O) groups excluding carboxylic acids is 1. The zero-order valence-electron chi connectivity index (χ0n) is 22.5. The van der Waals surface area contributed by atoms with Gasteiger partial charge in [-0.1, -0.05) is 12.1 Å². The normalized spacial score (nSPS) is 11.6. The first-order valence-corrected chi connectivity index (χ1v) is 14.4. The lowest BCUT2D eigenvalue weighted by molar-refractivity contribution is 0.103. The number of nitrogen functional groups attached to an aromatic ring is 1. The van der Waals surface area contributed by atoms with Crippen molar-refractivity contribution in [1.82, 2.24) is 14.8 Å². The lowest BCUT2D eigenvalue weighted by atomic mass is 10.1. The molecular weight excluding hydrogens is 571 g/mol. The van der Waals surface area contributed by atoms with Crippen LogP contribution in [0.25, 0.3) is 16.6 Å². The molecule has 0 spiro atoms. The molecule has 0 aliphatic carbocycles. The van der Waals surface area contributed by atoms with Crippen LogP contribution >= 0.6 is 0 Å². The standard InChI is InChI=1S/C29H26F3N5O4S/c1-16-10-19(41-26-7-4-3-6-21(26)31)11-17(2)27(16)37-29(33)20(15-34-37)28(38)25-13-18-12-22(32)24(14-23(18)35-25)36-42(39,40)9-5-8-30/h3-4,6-7,10-15,35-36H,5,8-9,33H2,1-2H3. The van der Waals surface area contributed by atoms with Crippen molar-refractivity contribution in [2.75, 3.05) is 22.9 Å². The molecule has 2 aromatic heterocycles. The number of H-pyrrole nitrogens is 1. The molecule has 0 saturated carbocycles. The molecule has 0 fully saturated rings. The van der Waals surface area contributed by atoms with Gasteiger partial charge in [0.25, 0.3) is 0 Å². The summed E-state index contributed by atoms with van der Waals surface area (Å²) in [4.78, 5) is 16.3. The first-order chi connectivity index (χ1) is 20.0. The van der Waals surface area contributed by atoms with Gasteiger partial charge in [-0.2, -0.15) is 5.10 Å². The van der Waals surface area contributed by atoms with Crippen LogP contribution in [-0.2, 0) is 10.0 Å². The van der Waals surface area contributed by atoms with E-state index in [0.717, 1.165) is 6.07 Å². The molecule has 42 heavy (non-hydrogen) atoms. The Bertz CT molecular complexity index is 1910. The van der Waals surface area contributed by atoms with E-state index in [4.69, 9.17) is 10.5 Å². The Morgan fingerprint density at radius 1 is 1.07 bits per heavy atom. The number of sulfonamides is 1. The number of ether oxygens (including phenoxy) is 1. The van der Waals surface area contributed by atoms with Crippen molar-refractivity contribution >= 4 is 38.2 Å². The number of halogens is 3. The van der Waals surface area contributed by atoms with Crippen LogP contribution in [-0.4, -0.2) is 41.4 Å². The fourth-order valence-electron chi connectivity index (χ4n) is 4.64. The summed E-state index contributed by atoms with van der Waals surface area (Å²) < 4.78 is 74.6. The molecule has 0 bridgehead atoms. The second kappa shape index (κ2) is 11.2. The fraction of sp³-hybridized carbons (Fsp3) is 0.172. The minimum atomic E-state index is -3.96. The van der Waals surface area contributed by atoms with E-state index in [1.165, 1.54) is 35.1 Å². The van der Waals surface area contributed by atoms with Crippen LogP contribution in [0, 0.1) is 25.5 Å². The van der Waals surface area contributed by atoms with Crippen LogP contribution < -0.4 is 15.2 Å². The number of aryl methyl sites for hydroxylation is 2. The van der Waals surface area contributed by atoms with Crippen LogP contribution in [0.4, 0.5) is 24.7 Å². The van der Waals surface area contributed by atoms with Crippen LogP contribution in [0.2, 0.25) is 0 Å². The maximum absolute atomic E-state index is 14.6. The van der Waals surface area contributed by atoms with Crippen LogP contribution in [0.15, 0.2) is 60.8 Å². The molecule has 5 rings (SSSR count). The molecule has 0 aliphatic heterocycles. The number of rotatable bonds is 10. The van der Waals surface area contributed by atoms with Gasteiger partial charge in [0.15, 0.2) is 11.6 Å². The van der Waals surface area contributed by atoms with Crippen molar-refractivity contribution in [3.8, 4) is 17.2 Å². The minimum absolute atomic E-state index is 0.0557. The number of para-hydroxylation sites is 1. The minimum Gasteiger partial charge on any atom is -0.454 e. The summed E-state index contributed by atoms with van der Waals surface area (Å²) >= 11 is 0. The summed E-state index contributed by atoms with van der Waals surface area (Å²) in [5, 5.41) is 4.65. The van der Waals surface area contributed by atoms with Crippen LogP contribution in [0.3, 0.4) is 0 Å². The third-order valence-corrected chi connectivity index (χ3v) is 7.91. The highest BCUT2D eigenvalue weighted by molar-refractivity contribution is 7.92. The van der Waals surface area contributed by atoms with Crippen molar-refractivity contribution in [2.24, 2.45) is 0 Å². The molecule has 0 radical (unpaired) electrons. The molecule has 9 nitrogen and oxygen atoms in total. The topological polar surface area (TPSA) is 132 Å². The molecule has 218 valence electrons. The molecule has 3 aromatic carbocycles. The van der Waals surface area contributed by atoms with Gasteiger partial charge in [0.1, 0.15) is 17.4 Å². The number of ketones is 1. The Kier molecular flexibility index (Phi) is 7.69. The Labute approximate surface area is 239 Å². The number of hydrogen-bond donors (Lipinski definition) is 3. The predicted molar refractivity (Wildman–Crippen MR) is 154 cm³/mol. The average Bonchev–Trinajstić information content (AvgIpc) is 3.51. The average molecular weight is 598 g/mol. The highest BCUT2D eigenvalue weighted by Crippen LogP contribution is 2.32. The van der Waals surface area contributed by atoms with Gasteiger partial charge in [0.05, 0.1) is 41.3 Å². The molecule has 0 amide bonds. The molecule has 0 aliphatic rings. The van der Waals surface area contributed by atoms with E-state index in [1.54, 1.807) is 38.1 Å². The summed E-state index contributed by atoms with van der Waals surface area (Å²) in [5.74, 6) is -1.83. The van der Waals surface area contributed by atoms with E-state index in [-0.39, 0.29) is 34.9 Å². The van der Waals surface area contributed by atoms with Gasteiger partial charge in [-0.05, 0) is 73.9 Å². The molecule has 2 heterocycles. The van der Waals surface area contributed by atoms with Gasteiger partial charge in [-0.3, -0.25) is 13.9 Å². The van der Waals surface area contributed by atoms with Gasteiger partial charge in [0.2, 0.25) is 15.8 Å². The molecule has 0 unspecified atom stereocenters. The van der Waals surface area contributed by atoms with E-state index in [0.29, 0.717) is 33.5 Å². The van der Waals surface area contributed by atoms with Gasteiger partial charge in [0, 0.05) is 10.9 Å². The van der Waals surface area contributed by atoms with Crippen molar-refractivity contribution in [1.29, 1.82) is 0 Å². The number of nitrogens with two attached hydrogens (primary N) is 1. The van der Waals surface area contributed by atoms with Crippen LogP contribution in [0.1, 0.15) is 33.6 Å². The van der Waals surface area contributed by atoms with E-state index in [1.807, 2.05) is 0 Å². The second-order valence-corrected chi connectivity index (χ2v) is 11.5.